The fourth-order valence-corrected chi connectivity index (χ4v) is 2.50. The largest absolute Gasteiger partial charge is 0.384 e. The van der Waals surface area contributed by atoms with Crippen LogP contribution in [-0.2, 0) is 6.54 Å². The molecule has 0 saturated heterocycles. The highest BCUT2D eigenvalue weighted by Crippen LogP contribution is 2.19. The van der Waals surface area contributed by atoms with Crippen molar-refractivity contribution in [1.29, 1.82) is 5.41 Å². The van der Waals surface area contributed by atoms with E-state index in [1.165, 1.54) is 12.1 Å². The van der Waals surface area contributed by atoms with Crippen LogP contribution < -0.4 is 5.73 Å². The maximum absolute atomic E-state index is 13.3. The van der Waals surface area contributed by atoms with E-state index in [2.05, 4.69) is 4.98 Å². The number of aromatic nitrogens is 2. The van der Waals surface area contributed by atoms with E-state index in [4.69, 9.17) is 11.1 Å². The van der Waals surface area contributed by atoms with E-state index in [1.807, 2.05) is 35.8 Å². The lowest BCUT2D eigenvalue weighted by Crippen LogP contribution is -2.16. The molecule has 106 valence electrons. The fraction of sp³-hybridized carbons (Fsp3) is 0.125. The van der Waals surface area contributed by atoms with Gasteiger partial charge in [-0.1, -0.05) is 18.2 Å². The van der Waals surface area contributed by atoms with Crippen LogP contribution in [-0.4, -0.2) is 15.4 Å². The zero-order valence-corrected chi connectivity index (χ0v) is 11.6. The predicted molar refractivity (Wildman–Crippen MR) is 81.0 cm³/mol. The molecule has 3 aromatic rings. The number of hydrogen-bond acceptors (Lipinski definition) is 2. The highest BCUT2D eigenvalue weighted by molar-refractivity contribution is 5.96. The maximum Gasteiger partial charge on any atom is 0.123 e. The van der Waals surface area contributed by atoms with Crippen molar-refractivity contribution in [2.45, 2.75) is 13.5 Å². The molecule has 0 radical (unpaired) electrons. The Kier molecular flexibility index (Phi) is 3.17. The van der Waals surface area contributed by atoms with Gasteiger partial charge < -0.3 is 10.3 Å². The lowest BCUT2D eigenvalue weighted by molar-refractivity contribution is 0.625. The van der Waals surface area contributed by atoms with Crippen LogP contribution in [0.15, 0.2) is 42.5 Å². The molecule has 0 unspecified atom stereocenters. The van der Waals surface area contributed by atoms with Gasteiger partial charge in [-0.25, -0.2) is 9.37 Å². The first-order valence-electron chi connectivity index (χ1n) is 6.61. The van der Waals surface area contributed by atoms with Crippen molar-refractivity contribution in [3.63, 3.8) is 0 Å². The van der Waals surface area contributed by atoms with Gasteiger partial charge in [0.1, 0.15) is 17.5 Å². The van der Waals surface area contributed by atoms with Gasteiger partial charge in [0.15, 0.2) is 0 Å². The second-order valence-electron chi connectivity index (χ2n) is 4.95. The second-order valence-corrected chi connectivity index (χ2v) is 4.95. The first kappa shape index (κ1) is 13.3. The van der Waals surface area contributed by atoms with E-state index in [1.54, 1.807) is 6.07 Å². The predicted octanol–water partition coefficient (Wildman–Crippen LogP) is 2.82. The monoisotopic (exact) mass is 282 g/mol. The third kappa shape index (κ3) is 2.38. The van der Waals surface area contributed by atoms with E-state index in [9.17, 15) is 4.39 Å². The van der Waals surface area contributed by atoms with Crippen molar-refractivity contribution in [3.8, 4) is 0 Å². The number of aryl methyl sites for hydroxylation is 1. The zero-order valence-electron chi connectivity index (χ0n) is 11.6. The van der Waals surface area contributed by atoms with Gasteiger partial charge in [0.25, 0.3) is 0 Å². The number of rotatable bonds is 3. The summed E-state index contributed by atoms with van der Waals surface area (Å²) in [6.45, 7) is 2.43. The Bertz CT molecular complexity index is 835. The number of nitrogens with one attached hydrogen (secondary N) is 1. The van der Waals surface area contributed by atoms with Gasteiger partial charge in [-0.15, -0.1) is 0 Å². The van der Waals surface area contributed by atoms with Crippen LogP contribution >= 0.6 is 0 Å². The lowest BCUT2D eigenvalue weighted by atomic mass is 10.1. The van der Waals surface area contributed by atoms with Crippen LogP contribution in [0.1, 0.15) is 17.0 Å². The number of halogens is 1. The van der Waals surface area contributed by atoms with Gasteiger partial charge in [-0.3, -0.25) is 5.41 Å². The highest BCUT2D eigenvalue weighted by Gasteiger charge is 2.11. The van der Waals surface area contributed by atoms with Gasteiger partial charge in [0.2, 0.25) is 0 Å². The van der Waals surface area contributed by atoms with Crippen LogP contribution in [0, 0.1) is 18.2 Å². The molecule has 0 fully saturated rings. The second kappa shape index (κ2) is 5.01. The van der Waals surface area contributed by atoms with Crippen molar-refractivity contribution in [1.82, 2.24) is 9.55 Å². The molecule has 0 spiro atoms. The molecule has 3 N–H and O–H groups in total. The van der Waals surface area contributed by atoms with Crippen LogP contribution in [0.3, 0.4) is 0 Å². The Morgan fingerprint density at radius 2 is 2.05 bits per heavy atom. The number of nitrogens with zero attached hydrogens (tertiary/aromatic N) is 2. The number of fused-ring (bicyclic) bond motifs is 1. The molecule has 1 aromatic heterocycles. The fourth-order valence-electron chi connectivity index (χ4n) is 2.50. The molecule has 0 saturated carbocycles. The molecule has 4 nitrogen and oxygen atoms in total. The summed E-state index contributed by atoms with van der Waals surface area (Å²) < 4.78 is 15.4. The molecule has 0 aliphatic rings. The maximum atomic E-state index is 13.3. The standard InChI is InChI=1S/C16H15FN4/c1-10-20-14-4-2-3-5-15(14)21(10)9-11-6-7-12(17)8-13(11)16(18)19/h2-8H,9H2,1H3,(H3,18,19). The minimum Gasteiger partial charge on any atom is -0.384 e. The van der Waals surface area contributed by atoms with Gasteiger partial charge in [-0.2, -0.15) is 0 Å². The summed E-state index contributed by atoms with van der Waals surface area (Å²) in [5.74, 6) is 0.345. The summed E-state index contributed by atoms with van der Waals surface area (Å²) in [5, 5.41) is 7.60. The van der Waals surface area contributed by atoms with Crippen molar-refractivity contribution in [2.75, 3.05) is 0 Å². The van der Waals surface area contributed by atoms with E-state index >= 15 is 0 Å². The minimum absolute atomic E-state index is 0.133. The average molecular weight is 282 g/mol. The Morgan fingerprint density at radius 3 is 2.81 bits per heavy atom. The number of nitrogen functional groups attached to an aromatic ring is 1. The van der Waals surface area contributed by atoms with Gasteiger partial charge in [0, 0.05) is 5.56 Å². The molecule has 2 aromatic carbocycles. The molecule has 21 heavy (non-hydrogen) atoms. The number of imidazole rings is 1. The zero-order chi connectivity index (χ0) is 15.0. The van der Waals surface area contributed by atoms with Crippen molar-refractivity contribution in [3.05, 3.63) is 65.2 Å². The smallest absolute Gasteiger partial charge is 0.123 e. The summed E-state index contributed by atoms with van der Waals surface area (Å²) in [6, 6.07) is 12.2. The van der Waals surface area contributed by atoms with Gasteiger partial charge in [0.05, 0.1) is 17.6 Å². The Morgan fingerprint density at radius 1 is 1.29 bits per heavy atom. The molecule has 0 atom stereocenters. The molecule has 0 bridgehead atoms. The minimum atomic E-state index is -0.392. The molecule has 1 heterocycles. The third-order valence-corrected chi connectivity index (χ3v) is 3.54. The molecular weight excluding hydrogens is 267 g/mol. The molecule has 3 rings (SSSR count). The van der Waals surface area contributed by atoms with Gasteiger partial charge in [-0.05, 0) is 36.8 Å². The number of para-hydroxylation sites is 2. The Hall–Kier alpha value is -2.69. The van der Waals surface area contributed by atoms with Crippen LogP contribution in [0.5, 0.6) is 0 Å². The van der Waals surface area contributed by atoms with Crippen molar-refractivity contribution < 1.29 is 4.39 Å². The SMILES string of the molecule is Cc1nc2ccccc2n1Cc1ccc(F)cc1C(=N)N. The van der Waals surface area contributed by atoms with Crippen LogP contribution in [0.2, 0.25) is 0 Å². The normalized spacial score (nSPS) is 11.0. The summed E-state index contributed by atoms with van der Waals surface area (Å²) in [5.41, 5.74) is 8.71. The first-order valence-corrected chi connectivity index (χ1v) is 6.61. The van der Waals surface area contributed by atoms with E-state index in [-0.39, 0.29) is 5.84 Å². The van der Waals surface area contributed by atoms with Crippen molar-refractivity contribution in [2.24, 2.45) is 5.73 Å². The Labute approximate surface area is 121 Å². The molecule has 0 aliphatic carbocycles. The number of amidine groups is 1. The summed E-state index contributed by atoms with van der Waals surface area (Å²) in [4.78, 5) is 4.51. The Balaban J connectivity index is 2.11. The lowest BCUT2D eigenvalue weighted by Gasteiger charge is -2.11. The number of hydrogen-bond donors (Lipinski definition) is 2. The summed E-state index contributed by atoms with van der Waals surface area (Å²) >= 11 is 0. The van der Waals surface area contributed by atoms with Crippen LogP contribution in [0.4, 0.5) is 4.39 Å². The van der Waals surface area contributed by atoms with Crippen LogP contribution in [0.25, 0.3) is 11.0 Å². The van der Waals surface area contributed by atoms with Crippen molar-refractivity contribution >= 4 is 16.9 Å². The molecule has 5 heteroatoms. The number of benzene rings is 2. The van der Waals surface area contributed by atoms with Gasteiger partial charge >= 0.3 is 0 Å². The molecular formula is C16H15FN4. The van der Waals surface area contributed by atoms with E-state index in [0.29, 0.717) is 12.1 Å². The quantitative estimate of drug-likeness (QED) is 0.573. The number of nitrogens with two attached hydrogens (primary N) is 1. The topological polar surface area (TPSA) is 67.7 Å². The first-order chi connectivity index (χ1) is 10.1. The summed E-state index contributed by atoms with van der Waals surface area (Å²) in [7, 11) is 0. The molecule has 0 aliphatic heterocycles. The highest BCUT2D eigenvalue weighted by atomic mass is 19.1. The van der Waals surface area contributed by atoms with E-state index < -0.39 is 5.82 Å². The summed E-state index contributed by atoms with van der Waals surface area (Å²) in [6.07, 6.45) is 0. The third-order valence-electron chi connectivity index (χ3n) is 3.54. The molecule has 0 amide bonds. The average Bonchev–Trinajstić information content (AvgIpc) is 2.77. The van der Waals surface area contributed by atoms with E-state index in [0.717, 1.165) is 22.4 Å².